The summed E-state index contributed by atoms with van der Waals surface area (Å²) in [4.78, 5) is 0. The van der Waals surface area contributed by atoms with Crippen LogP contribution < -0.4 is 11.5 Å². The molecule has 0 rings (SSSR count). The summed E-state index contributed by atoms with van der Waals surface area (Å²) in [5, 5.41) is 21.0. The molecule has 8 heteroatoms. The number of ether oxygens (including phenoxy) is 4. The first kappa shape index (κ1) is 32.7. The maximum Gasteiger partial charge on any atom is 0.0689 e. The van der Waals surface area contributed by atoms with Crippen LogP contribution in [0.5, 0.6) is 0 Å². The molecule has 0 saturated heterocycles. The monoisotopic (exact) mass is 478 g/mol. The Labute approximate surface area is 202 Å². The first-order valence-corrected chi connectivity index (χ1v) is 12.1. The van der Waals surface area contributed by atoms with Crippen molar-refractivity contribution in [3.8, 4) is 0 Å². The number of hydrogen-bond donors (Lipinski definition) is 4. The minimum absolute atomic E-state index is 0.139. The van der Waals surface area contributed by atoms with Crippen LogP contribution >= 0.6 is 0 Å². The molecule has 0 aliphatic rings. The average Bonchev–Trinajstić information content (AvgIpc) is 2.66. The molecule has 0 aromatic carbocycles. The fourth-order valence-corrected chi connectivity index (χ4v) is 3.76. The van der Waals surface area contributed by atoms with E-state index in [2.05, 4.69) is 0 Å². The van der Waals surface area contributed by atoms with E-state index in [1.807, 2.05) is 41.5 Å². The third-order valence-corrected chi connectivity index (χ3v) is 6.69. The molecule has 0 radical (unpaired) electrons. The average molecular weight is 479 g/mol. The third kappa shape index (κ3) is 12.8. The molecule has 200 valence electrons. The topological polar surface area (TPSA) is 129 Å². The maximum absolute atomic E-state index is 10.6. The summed E-state index contributed by atoms with van der Waals surface area (Å²) in [6.07, 6.45) is 1.74. The van der Waals surface area contributed by atoms with Crippen LogP contribution in [0.2, 0.25) is 0 Å². The van der Waals surface area contributed by atoms with Gasteiger partial charge in [-0.1, -0.05) is 6.92 Å². The Morgan fingerprint density at radius 1 is 0.667 bits per heavy atom. The summed E-state index contributed by atoms with van der Waals surface area (Å²) in [6, 6.07) is -0.584. The molecule has 0 aromatic rings. The zero-order valence-corrected chi connectivity index (χ0v) is 22.9. The number of hydrogen-bond acceptors (Lipinski definition) is 8. The molecule has 0 aromatic heterocycles. The lowest BCUT2D eigenvalue weighted by atomic mass is 9.86. The minimum atomic E-state index is -0.908. The van der Waals surface area contributed by atoms with Crippen molar-refractivity contribution in [3.05, 3.63) is 0 Å². The molecule has 0 spiro atoms. The van der Waals surface area contributed by atoms with Gasteiger partial charge in [0.05, 0.1) is 48.8 Å². The molecular formula is C25H54N2O6. The molecule has 0 amide bonds. The van der Waals surface area contributed by atoms with Crippen molar-refractivity contribution in [2.75, 3.05) is 40.6 Å². The Morgan fingerprint density at radius 2 is 1.03 bits per heavy atom. The summed E-state index contributed by atoms with van der Waals surface area (Å²) in [7, 11) is 3.24. The van der Waals surface area contributed by atoms with Gasteiger partial charge < -0.3 is 40.6 Å². The van der Waals surface area contributed by atoms with Crippen LogP contribution in [0.1, 0.15) is 74.7 Å². The lowest BCUT2D eigenvalue weighted by molar-refractivity contribution is -0.114. The van der Waals surface area contributed by atoms with E-state index in [4.69, 9.17) is 30.4 Å². The van der Waals surface area contributed by atoms with E-state index in [1.54, 1.807) is 28.1 Å². The van der Waals surface area contributed by atoms with Gasteiger partial charge in [-0.05, 0) is 67.7 Å². The predicted octanol–water partition coefficient (Wildman–Crippen LogP) is 2.47. The first-order valence-electron chi connectivity index (χ1n) is 12.1. The fourth-order valence-electron chi connectivity index (χ4n) is 3.76. The quantitative estimate of drug-likeness (QED) is 0.236. The van der Waals surface area contributed by atoms with Gasteiger partial charge in [0.2, 0.25) is 0 Å². The molecule has 0 heterocycles. The Hall–Kier alpha value is -0.320. The highest BCUT2D eigenvalue weighted by atomic mass is 16.5. The molecule has 0 fully saturated rings. The molecule has 8 nitrogen and oxygen atoms in total. The molecule has 0 aliphatic carbocycles. The smallest absolute Gasteiger partial charge is 0.0689 e. The highest BCUT2D eigenvalue weighted by Crippen LogP contribution is 2.27. The van der Waals surface area contributed by atoms with Crippen molar-refractivity contribution in [2.45, 2.75) is 109 Å². The van der Waals surface area contributed by atoms with E-state index in [0.29, 0.717) is 45.7 Å². The van der Waals surface area contributed by atoms with Crippen molar-refractivity contribution in [1.82, 2.24) is 0 Å². The van der Waals surface area contributed by atoms with E-state index < -0.39 is 22.4 Å². The zero-order chi connectivity index (χ0) is 26.1. The highest BCUT2D eigenvalue weighted by molar-refractivity contribution is 4.89. The standard InChI is InChI=1S/C25H54N2O6/c1-11-25(8,29)19(15-31-10)17-33-23(4,5)13-21(27)20(26)12-22(2,3)32-16-18(14-30-9)24(6,7)28/h18-21,28-29H,11-17,26-27H2,1-10H3. The van der Waals surface area contributed by atoms with E-state index in [9.17, 15) is 10.2 Å². The molecule has 6 N–H and O–H groups in total. The second-order valence-electron chi connectivity index (χ2n) is 11.5. The van der Waals surface area contributed by atoms with Crippen LogP contribution in [-0.2, 0) is 18.9 Å². The Morgan fingerprint density at radius 3 is 1.36 bits per heavy atom. The normalized spacial score (nSPS) is 19.1. The molecule has 0 bridgehead atoms. The maximum atomic E-state index is 10.6. The fraction of sp³-hybridized carbons (Fsp3) is 1.00. The van der Waals surface area contributed by atoms with Gasteiger partial charge in [0.25, 0.3) is 0 Å². The second kappa shape index (κ2) is 13.7. The SMILES string of the molecule is CCC(C)(O)C(COC)COC(C)(C)CC(N)C(N)CC(C)(C)OCC(COC)C(C)(C)O. The van der Waals surface area contributed by atoms with Crippen LogP contribution in [0.4, 0.5) is 0 Å². The van der Waals surface area contributed by atoms with Crippen LogP contribution in [-0.4, -0.2) is 85.3 Å². The van der Waals surface area contributed by atoms with E-state index in [1.165, 1.54) is 0 Å². The van der Waals surface area contributed by atoms with Crippen molar-refractivity contribution >= 4 is 0 Å². The summed E-state index contributed by atoms with van der Waals surface area (Å²) in [5.41, 5.74) is 10.1. The number of rotatable bonds is 18. The second-order valence-corrected chi connectivity index (χ2v) is 11.5. The first-order chi connectivity index (χ1) is 14.9. The molecule has 5 atom stereocenters. The number of methoxy groups -OCH3 is 2. The highest BCUT2D eigenvalue weighted by Gasteiger charge is 2.35. The molecule has 5 unspecified atom stereocenters. The van der Waals surface area contributed by atoms with Crippen LogP contribution in [0, 0.1) is 11.8 Å². The van der Waals surface area contributed by atoms with Crippen molar-refractivity contribution in [3.63, 3.8) is 0 Å². The molecule has 0 saturated carbocycles. The van der Waals surface area contributed by atoms with Crippen LogP contribution in [0.25, 0.3) is 0 Å². The Balaban J connectivity index is 4.88. The lowest BCUT2D eigenvalue weighted by Crippen LogP contribution is -2.50. The van der Waals surface area contributed by atoms with Gasteiger partial charge in [-0.15, -0.1) is 0 Å². The van der Waals surface area contributed by atoms with Gasteiger partial charge in [0.15, 0.2) is 0 Å². The van der Waals surface area contributed by atoms with Gasteiger partial charge in [-0.25, -0.2) is 0 Å². The van der Waals surface area contributed by atoms with Gasteiger partial charge in [-0.2, -0.15) is 0 Å². The Kier molecular flexibility index (Phi) is 13.6. The van der Waals surface area contributed by atoms with Crippen molar-refractivity contribution < 1.29 is 29.2 Å². The summed E-state index contributed by atoms with van der Waals surface area (Å²) < 4.78 is 22.8. The molecule has 0 aliphatic heterocycles. The summed E-state index contributed by atoms with van der Waals surface area (Å²) in [6.45, 7) is 16.8. The predicted molar refractivity (Wildman–Crippen MR) is 133 cm³/mol. The van der Waals surface area contributed by atoms with E-state index >= 15 is 0 Å². The minimum Gasteiger partial charge on any atom is -0.390 e. The summed E-state index contributed by atoms with van der Waals surface area (Å²) >= 11 is 0. The Bertz CT molecular complexity index is 533. The van der Waals surface area contributed by atoms with Gasteiger partial charge in [-0.3, -0.25) is 0 Å². The van der Waals surface area contributed by atoms with Gasteiger partial charge in [0.1, 0.15) is 0 Å². The molecular weight excluding hydrogens is 424 g/mol. The zero-order valence-electron chi connectivity index (χ0n) is 22.9. The van der Waals surface area contributed by atoms with Gasteiger partial charge in [0, 0.05) is 38.1 Å². The van der Waals surface area contributed by atoms with Crippen molar-refractivity contribution in [1.29, 1.82) is 0 Å². The number of nitrogens with two attached hydrogens (primary N) is 2. The third-order valence-electron chi connectivity index (χ3n) is 6.69. The van der Waals surface area contributed by atoms with E-state index in [-0.39, 0.29) is 23.9 Å². The van der Waals surface area contributed by atoms with E-state index in [0.717, 1.165) is 0 Å². The largest absolute Gasteiger partial charge is 0.390 e. The number of aliphatic hydroxyl groups is 2. The lowest BCUT2D eigenvalue weighted by Gasteiger charge is -2.38. The molecule has 33 heavy (non-hydrogen) atoms. The van der Waals surface area contributed by atoms with Crippen molar-refractivity contribution in [2.24, 2.45) is 23.3 Å². The summed E-state index contributed by atoms with van der Waals surface area (Å²) in [5.74, 6) is -0.292. The van der Waals surface area contributed by atoms with Gasteiger partial charge >= 0.3 is 0 Å². The van der Waals surface area contributed by atoms with Crippen LogP contribution in [0.15, 0.2) is 0 Å². The van der Waals surface area contributed by atoms with Crippen LogP contribution in [0.3, 0.4) is 0 Å².